The van der Waals surface area contributed by atoms with Crippen LogP contribution in [0.4, 0.5) is 0 Å². The van der Waals surface area contributed by atoms with Gasteiger partial charge in [-0.2, -0.15) is 0 Å². The second-order valence-corrected chi connectivity index (χ2v) is 7.62. The van der Waals surface area contributed by atoms with Crippen LogP contribution in [0.1, 0.15) is 76.7 Å². The molecule has 2 unspecified atom stereocenters. The topological polar surface area (TPSA) is 62.5 Å². The number of aromatic nitrogens is 1. The van der Waals surface area contributed by atoms with Gasteiger partial charge in [0.25, 0.3) is 0 Å². The van der Waals surface area contributed by atoms with Gasteiger partial charge >= 0.3 is 0 Å². The molecule has 0 amide bonds. The molecule has 0 spiro atoms. The molecule has 0 saturated heterocycles. The lowest BCUT2D eigenvalue weighted by molar-refractivity contribution is 0.315. The van der Waals surface area contributed by atoms with Crippen LogP contribution >= 0.6 is 24.0 Å². The summed E-state index contributed by atoms with van der Waals surface area (Å²) in [6.07, 6.45) is 8.42. The molecule has 6 heteroatoms. The Bertz CT molecular complexity index is 551. The third-order valence-corrected chi connectivity index (χ3v) is 5.32. The molecule has 2 fully saturated rings. The zero-order valence-electron chi connectivity index (χ0n) is 15.8. The highest BCUT2D eigenvalue weighted by atomic mass is 127. The maximum atomic E-state index is 5.38. The fourth-order valence-electron chi connectivity index (χ4n) is 3.79. The van der Waals surface area contributed by atoms with Gasteiger partial charge in [-0.15, -0.1) is 24.0 Å². The summed E-state index contributed by atoms with van der Waals surface area (Å²) in [5.74, 6) is 3.91. The zero-order chi connectivity index (χ0) is 16.9. The van der Waals surface area contributed by atoms with Crippen molar-refractivity contribution in [3.8, 4) is 0 Å². The van der Waals surface area contributed by atoms with E-state index in [-0.39, 0.29) is 24.0 Å². The molecule has 1 heterocycles. The Hall–Kier alpha value is -0.790. The van der Waals surface area contributed by atoms with Crippen molar-refractivity contribution in [3.05, 3.63) is 17.5 Å². The van der Waals surface area contributed by atoms with Gasteiger partial charge in [0.1, 0.15) is 6.54 Å². The summed E-state index contributed by atoms with van der Waals surface area (Å²) in [5.41, 5.74) is 0.998. The second-order valence-electron chi connectivity index (χ2n) is 7.62. The van der Waals surface area contributed by atoms with Crippen molar-refractivity contribution in [2.75, 3.05) is 6.54 Å². The summed E-state index contributed by atoms with van der Waals surface area (Å²) in [7, 11) is 0. The minimum absolute atomic E-state index is 0. The van der Waals surface area contributed by atoms with Crippen molar-refractivity contribution in [2.24, 2.45) is 16.8 Å². The van der Waals surface area contributed by atoms with Gasteiger partial charge in [-0.25, -0.2) is 4.99 Å². The maximum Gasteiger partial charge on any atom is 0.191 e. The molecule has 2 N–H and O–H groups in total. The average Bonchev–Trinajstić information content (AvgIpc) is 3.18. The van der Waals surface area contributed by atoms with Crippen LogP contribution in [-0.2, 0) is 6.54 Å². The summed E-state index contributed by atoms with van der Waals surface area (Å²) < 4.78 is 5.38. The van der Waals surface area contributed by atoms with E-state index in [1.54, 1.807) is 0 Å². The third-order valence-electron chi connectivity index (χ3n) is 5.32. The quantitative estimate of drug-likeness (QED) is 0.374. The van der Waals surface area contributed by atoms with Gasteiger partial charge in [0.15, 0.2) is 11.7 Å². The van der Waals surface area contributed by atoms with Gasteiger partial charge in [0, 0.05) is 18.7 Å². The predicted octanol–water partition coefficient (Wildman–Crippen LogP) is 4.44. The SMILES string of the molecule is CCNC(=NCc1cc(C(C)C)no1)NC1CC1C1CCCCC1.I. The van der Waals surface area contributed by atoms with E-state index in [0.29, 0.717) is 18.5 Å². The largest absolute Gasteiger partial charge is 0.359 e. The number of hydrogen-bond acceptors (Lipinski definition) is 3. The Morgan fingerprint density at radius 1 is 1.32 bits per heavy atom. The van der Waals surface area contributed by atoms with Crippen molar-refractivity contribution in [1.29, 1.82) is 0 Å². The van der Waals surface area contributed by atoms with Crippen LogP contribution in [0.5, 0.6) is 0 Å². The molecule has 0 radical (unpaired) electrons. The number of guanidine groups is 1. The second kappa shape index (κ2) is 9.78. The molecule has 0 aromatic carbocycles. The fourth-order valence-corrected chi connectivity index (χ4v) is 3.79. The summed E-state index contributed by atoms with van der Waals surface area (Å²) >= 11 is 0. The first-order valence-corrected chi connectivity index (χ1v) is 9.67. The number of rotatable bonds is 6. The molecule has 0 bridgehead atoms. The third kappa shape index (κ3) is 5.86. The van der Waals surface area contributed by atoms with E-state index in [9.17, 15) is 0 Å². The van der Waals surface area contributed by atoms with Crippen molar-refractivity contribution in [3.63, 3.8) is 0 Å². The minimum atomic E-state index is 0. The van der Waals surface area contributed by atoms with Gasteiger partial charge in [-0.1, -0.05) is 51.1 Å². The van der Waals surface area contributed by atoms with Crippen molar-refractivity contribution < 1.29 is 4.52 Å². The van der Waals surface area contributed by atoms with Crippen LogP contribution in [0.25, 0.3) is 0 Å². The highest BCUT2D eigenvalue weighted by Gasteiger charge is 2.43. The normalized spacial score (nSPS) is 24.1. The number of nitrogens with one attached hydrogen (secondary N) is 2. The smallest absolute Gasteiger partial charge is 0.191 e. The molecule has 2 atom stereocenters. The molecular weight excluding hydrogens is 427 g/mol. The molecule has 142 valence electrons. The van der Waals surface area contributed by atoms with Crippen LogP contribution in [-0.4, -0.2) is 23.7 Å². The first-order chi connectivity index (χ1) is 11.7. The summed E-state index contributed by atoms with van der Waals surface area (Å²) in [6.45, 7) is 7.76. The fraction of sp³-hybridized carbons (Fsp3) is 0.789. The Kier molecular flexibility index (Phi) is 8.03. The number of halogens is 1. The van der Waals surface area contributed by atoms with E-state index in [4.69, 9.17) is 4.52 Å². The maximum absolute atomic E-state index is 5.38. The first-order valence-electron chi connectivity index (χ1n) is 9.67. The van der Waals surface area contributed by atoms with E-state index in [1.807, 2.05) is 6.07 Å². The predicted molar refractivity (Wildman–Crippen MR) is 112 cm³/mol. The van der Waals surface area contributed by atoms with Crippen molar-refractivity contribution in [2.45, 2.75) is 77.8 Å². The van der Waals surface area contributed by atoms with Crippen LogP contribution in [0.2, 0.25) is 0 Å². The van der Waals surface area contributed by atoms with E-state index in [0.717, 1.165) is 35.8 Å². The van der Waals surface area contributed by atoms with Gasteiger partial charge in [0.2, 0.25) is 0 Å². The van der Waals surface area contributed by atoms with Gasteiger partial charge in [0.05, 0.1) is 5.69 Å². The molecule has 1 aromatic rings. The Balaban J connectivity index is 0.00000225. The van der Waals surface area contributed by atoms with E-state index in [2.05, 4.69) is 41.6 Å². The monoisotopic (exact) mass is 460 g/mol. The highest BCUT2D eigenvalue weighted by molar-refractivity contribution is 14.0. The lowest BCUT2D eigenvalue weighted by Crippen LogP contribution is -2.39. The van der Waals surface area contributed by atoms with E-state index >= 15 is 0 Å². The molecule has 1 aromatic heterocycles. The molecule has 2 aliphatic rings. The Morgan fingerprint density at radius 2 is 2.08 bits per heavy atom. The summed E-state index contributed by atoms with van der Waals surface area (Å²) in [6, 6.07) is 2.62. The van der Waals surface area contributed by atoms with Crippen molar-refractivity contribution in [1.82, 2.24) is 15.8 Å². The van der Waals surface area contributed by atoms with E-state index in [1.165, 1.54) is 38.5 Å². The highest BCUT2D eigenvalue weighted by Crippen LogP contribution is 2.44. The average molecular weight is 460 g/mol. The molecular formula is C19H33IN4O. The Labute approximate surface area is 168 Å². The molecule has 25 heavy (non-hydrogen) atoms. The molecule has 0 aliphatic heterocycles. The first kappa shape index (κ1) is 20.5. The van der Waals surface area contributed by atoms with E-state index < -0.39 is 0 Å². The standard InChI is InChI=1S/C19H32N4O.HI/c1-4-20-19(21-12-15-10-17(13(2)3)23-24-15)22-18-11-16(18)14-8-6-5-7-9-14;/h10,13-14,16,18H,4-9,11-12H2,1-3H3,(H2,20,21,22);1H. The van der Waals surface area contributed by atoms with Gasteiger partial charge in [-0.05, 0) is 31.1 Å². The van der Waals surface area contributed by atoms with Crippen LogP contribution < -0.4 is 10.6 Å². The molecule has 2 aliphatic carbocycles. The van der Waals surface area contributed by atoms with Crippen LogP contribution in [0.3, 0.4) is 0 Å². The van der Waals surface area contributed by atoms with Crippen molar-refractivity contribution >= 4 is 29.9 Å². The summed E-state index contributed by atoms with van der Waals surface area (Å²) in [5, 5.41) is 11.1. The number of nitrogens with zero attached hydrogens (tertiary/aromatic N) is 2. The molecule has 2 saturated carbocycles. The van der Waals surface area contributed by atoms with Gasteiger partial charge in [-0.3, -0.25) is 0 Å². The lowest BCUT2D eigenvalue weighted by Gasteiger charge is -2.22. The number of aliphatic imine (C=N–C) groups is 1. The molecule has 5 nitrogen and oxygen atoms in total. The van der Waals surface area contributed by atoms with Crippen LogP contribution in [0.15, 0.2) is 15.6 Å². The van der Waals surface area contributed by atoms with Gasteiger partial charge < -0.3 is 15.2 Å². The number of hydrogen-bond donors (Lipinski definition) is 2. The minimum Gasteiger partial charge on any atom is -0.359 e. The molecule has 3 rings (SSSR count). The lowest BCUT2D eigenvalue weighted by atomic mass is 9.85. The van der Waals surface area contributed by atoms with Crippen LogP contribution in [0, 0.1) is 11.8 Å². The Morgan fingerprint density at radius 3 is 2.72 bits per heavy atom. The zero-order valence-corrected chi connectivity index (χ0v) is 18.1. The summed E-state index contributed by atoms with van der Waals surface area (Å²) in [4.78, 5) is 4.68.